The Morgan fingerprint density at radius 3 is 2.61 bits per heavy atom. The summed E-state index contributed by atoms with van der Waals surface area (Å²) < 4.78 is 5.22. The molecule has 0 radical (unpaired) electrons. The van der Waals surface area contributed by atoms with Crippen molar-refractivity contribution >= 4 is 28.3 Å². The van der Waals surface area contributed by atoms with Crippen molar-refractivity contribution in [3.8, 4) is 5.75 Å². The largest absolute Gasteiger partial charge is 1.00 e. The van der Waals surface area contributed by atoms with Gasteiger partial charge in [0, 0.05) is 5.39 Å². The molecule has 0 saturated carbocycles. The van der Waals surface area contributed by atoms with Crippen molar-refractivity contribution in [1.82, 2.24) is 0 Å². The van der Waals surface area contributed by atoms with Crippen LogP contribution in [0.4, 0.5) is 0 Å². The minimum Gasteiger partial charge on any atom is -0.546 e. The van der Waals surface area contributed by atoms with E-state index in [0.29, 0.717) is 10.8 Å². The third-order valence-corrected chi connectivity index (χ3v) is 2.85. The number of hydrogen-bond acceptors (Lipinski definition) is 3. The fourth-order valence-corrected chi connectivity index (χ4v) is 1.82. The number of rotatable bonds is 3. The maximum absolute atomic E-state index is 10.6. The van der Waals surface area contributed by atoms with Crippen molar-refractivity contribution in [2.24, 2.45) is 0 Å². The van der Waals surface area contributed by atoms with Gasteiger partial charge in [-0.05, 0) is 18.4 Å². The van der Waals surface area contributed by atoms with Crippen molar-refractivity contribution in [3.05, 3.63) is 41.4 Å². The quantitative estimate of drug-likeness (QED) is 0.675. The van der Waals surface area contributed by atoms with E-state index in [9.17, 15) is 9.90 Å². The Bertz CT molecular complexity index is 571. The molecule has 0 N–H and O–H groups in total. The first-order chi connectivity index (χ1) is 8.09. The first kappa shape index (κ1) is 15.3. The van der Waals surface area contributed by atoms with Crippen LogP contribution in [0.15, 0.2) is 36.4 Å². The number of fused-ring (bicyclic) bond motifs is 1. The molecule has 1 atom stereocenters. The number of carbonyl (C=O) groups excluding carboxylic acids is 1. The van der Waals surface area contributed by atoms with Crippen LogP contribution < -0.4 is 39.4 Å². The number of benzene rings is 2. The van der Waals surface area contributed by atoms with E-state index in [1.807, 2.05) is 30.3 Å². The fourth-order valence-electron chi connectivity index (χ4n) is 1.54. The predicted molar refractivity (Wildman–Crippen MR) is 64.1 cm³/mol. The summed E-state index contributed by atoms with van der Waals surface area (Å²) in [6.45, 7) is 1.40. The molecule has 2 aromatic rings. The molecule has 2 aromatic carbocycles. The second kappa shape index (κ2) is 6.43. The van der Waals surface area contributed by atoms with Crippen LogP contribution >= 0.6 is 11.6 Å². The number of carboxylic acids is 1. The van der Waals surface area contributed by atoms with Crippen molar-refractivity contribution in [2.45, 2.75) is 13.0 Å². The number of carbonyl (C=O) groups is 1. The molecule has 0 fully saturated rings. The maximum atomic E-state index is 10.6. The first-order valence-corrected chi connectivity index (χ1v) is 5.52. The summed E-state index contributed by atoms with van der Waals surface area (Å²) >= 11 is 6.15. The molecule has 0 bridgehead atoms. The number of hydrogen-bond donors (Lipinski definition) is 0. The molecule has 0 aliphatic rings. The van der Waals surface area contributed by atoms with Gasteiger partial charge in [-0.2, -0.15) is 0 Å². The molecule has 0 aliphatic carbocycles. The number of halogens is 1. The van der Waals surface area contributed by atoms with Crippen molar-refractivity contribution in [1.29, 1.82) is 0 Å². The second-order valence-corrected chi connectivity index (χ2v) is 4.06. The minimum atomic E-state index is -1.27. The van der Waals surface area contributed by atoms with Gasteiger partial charge in [0.2, 0.25) is 0 Å². The standard InChI is InChI=1S/C13H11ClO3.Na/c1-8(13(15)16)17-11-7-6-9-4-2-3-5-10(9)12(11)14;/h2-8H,1H3,(H,15,16);/q;+1/p-1/t8-;/m0./s1. The summed E-state index contributed by atoms with van der Waals surface area (Å²) in [7, 11) is 0. The van der Waals surface area contributed by atoms with Crippen LogP contribution in [0.3, 0.4) is 0 Å². The van der Waals surface area contributed by atoms with Gasteiger partial charge in [0.15, 0.2) is 0 Å². The Balaban J connectivity index is 0.00000162. The maximum Gasteiger partial charge on any atom is 1.00 e. The monoisotopic (exact) mass is 272 g/mol. The molecular weight excluding hydrogens is 263 g/mol. The van der Waals surface area contributed by atoms with Gasteiger partial charge < -0.3 is 14.6 Å². The Morgan fingerprint density at radius 1 is 1.28 bits per heavy atom. The van der Waals surface area contributed by atoms with E-state index in [1.165, 1.54) is 6.92 Å². The van der Waals surface area contributed by atoms with Gasteiger partial charge >= 0.3 is 29.6 Å². The minimum absolute atomic E-state index is 0. The van der Waals surface area contributed by atoms with Gasteiger partial charge in [0.1, 0.15) is 11.9 Å². The molecule has 3 nitrogen and oxygen atoms in total. The zero-order valence-corrected chi connectivity index (χ0v) is 12.9. The van der Waals surface area contributed by atoms with Crippen LogP contribution in [0.1, 0.15) is 6.92 Å². The SMILES string of the molecule is C[C@H](Oc1ccc2ccccc2c1Cl)C(=O)[O-].[Na+]. The number of carboxylic acid groups (broad SMARTS) is 1. The van der Waals surface area contributed by atoms with Crippen LogP contribution in [-0.2, 0) is 4.79 Å². The van der Waals surface area contributed by atoms with E-state index in [2.05, 4.69) is 0 Å². The van der Waals surface area contributed by atoms with Gasteiger partial charge in [0.25, 0.3) is 0 Å². The Hall–Kier alpha value is -0.740. The van der Waals surface area contributed by atoms with Gasteiger partial charge in [-0.3, -0.25) is 0 Å². The van der Waals surface area contributed by atoms with Crippen molar-refractivity contribution in [3.63, 3.8) is 0 Å². The molecule has 0 spiro atoms. The van der Waals surface area contributed by atoms with E-state index in [4.69, 9.17) is 16.3 Å². The zero-order valence-electron chi connectivity index (χ0n) is 10.1. The Morgan fingerprint density at radius 2 is 1.94 bits per heavy atom. The Kier molecular flexibility index (Phi) is 5.47. The van der Waals surface area contributed by atoms with Crippen LogP contribution in [0.5, 0.6) is 5.75 Å². The molecule has 0 saturated heterocycles. The van der Waals surface area contributed by atoms with E-state index in [-0.39, 0.29) is 29.6 Å². The zero-order chi connectivity index (χ0) is 12.4. The molecule has 88 valence electrons. The molecule has 2 rings (SSSR count). The topological polar surface area (TPSA) is 49.4 Å². The smallest absolute Gasteiger partial charge is 0.546 e. The molecule has 18 heavy (non-hydrogen) atoms. The van der Waals surface area contributed by atoms with E-state index >= 15 is 0 Å². The van der Waals surface area contributed by atoms with E-state index < -0.39 is 12.1 Å². The van der Waals surface area contributed by atoms with E-state index in [1.54, 1.807) is 6.07 Å². The molecule has 0 heterocycles. The molecule has 0 aromatic heterocycles. The Labute approximate surface area is 132 Å². The van der Waals surface area contributed by atoms with Gasteiger partial charge in [0.05, 0.1) is 11.0 Å². The summed E-state index contributed by atoms with van der Waals surface area (Å²) in [5.41, 5.74) is 0. The molecule has 5 heteroatoms. The molecule has 0 aliphatic heterocycles. The second-order valence-electron chi connectivity index (χ2n) is 3.68. The summed E-state index contributed by atoms with van der Waals surface area (Å²) in [5, 5.41) is 12.8. The average Bonchev–Trinajstić information content (AvgIpc) is 2.33. The third kappa shape index (κ3) is 3.18. The molecular formula is C13H10ClNaO3. The summed E-state index contributed by atoms with van der Waals surface area (Å²) in [6, 6.07) is 11.0. The van der Waals surface area contributed by atoms with Gasteiger partial charge in [-0.1, -0.05) is 41.9 Å². The van der Waals surface area contributed by atoms with Gasteiger partial charge in [-0.15, -0.1) is 0 Å². The summed E-state index contributed by atoms with van der Waals surface area (Å²) in [5.74, 6) is -0.920. The van der Waals surface area contributed by atoms with Crippen LogP contribution in [0, 0.1) is 0 Å². The number of ether oxygens (including phenoxy) is 1. The van der Waals surface area contributed by atoms with Gasteiger partial charge in [-0.25, -0.2) is 0 Å². The molecule has 0 unspecified atom stereocenters. The van der Waals surface area contributed by atoms with Crippen LogP contribution in [0.25, 0.3) is 10.8 Å². The van der Waals surface area contributed by atoms with Crippen molar-refractivity contribution in [2.75, 3.05) is 0 Å². The van der Waals surface area contributed by atoms with Crippen LogP contribution in [0.2, 0.25) is 5.02 Å². The first-order valence-electron chi connectivity index (χ1n) is 5.14. The normalized spacial score (nSPS) is 11.7. The van der Waals surface area contributed by atoms with Crippen LogP contribution in [-0.4, -0.2) is 12.1 Å². The predicted octanol–water partition coefficient (Wildman–Crippen LogP) is -0.986. The van der Waals surface area contributed by atoms with Crippen molar-refractivity contribution < 1.29 is 44.2 Å². The molecule has 0 amide bonds. The average molecular weight is 273 g/mol. The number of aliphatic carboxylic acids is 1. The fraction of sp³-hybridized carbons (Fsp3) is 0.154. The summed E-state index contributed by atoms with van der Waals surface area (Å²) in [6.07, 6.45) is -1.03. The van der Waals surface area contributed by atoms with E-state index in [0.717, 1.165) is 10.8 Å². The summed E-state index contributed by atoms with van der Waals surface area (Å²) in [4.78, 5) is 10.6. The third-order valence-electron chi connectivity index (χ3n) is 2.46.